The molecular formula is C21H15BrClNS. The summed E-state index contributed by atoms with van der Waals surface area (Å²) in [7, 11) is 0. The number of hydrogen-bond donors (Lipinski definition) is 0. The van der Waals surface area contributed by atoms with Crippen LogP contribution in [0.1, 0.15) is 22.8 Å². The minimum Gasteiger partial charge on any atom is -0.252 e. The van der Waals surface area contributed by atoms with Gasteiger partial charge in [-0.15, -0.1) is 11.8 Å². The van der Waals surface area contributed by atoms with Gasteiger partial charge < -0.3 is 0 Å². The molecule has 0 radical (unpaired) electrons. The topological polar surface area (TPSA) is 12.4 Å². The van der Waals surface area contributed by atoms with Crippen LogP contribution in [-0.2, 0) is 0 Å². The third-order valence-electron chi connectivity index (χ3n) is 4.19. The first-order valence-electron chi connectivity index (χ1n) is 8.04. The van der Waals surface area contributed by atoms with E-state index in [2.05, 4.69) is 70.5 Å². The van der Waals surface area contributed by atoms with Crippen molar-refractivity contribution in [3.63, 3.8) is 0 Å². The number of fused-ring (bicyclic) bond motifs is 1. The zero-order valence-electron chi connectivity index (χ0n) is 13.3. The fraction of sp³-hybridized carbons (Fsp3) is 0.0952. The van der Waals surface area contributed by atoms with Crippen LogP contribution in [-0.4, -0.2) is 5.71 Å². The second-order valence-electron chi connectivity index (χ2n) is 5.90. The van der Waals surface area contributed by atoms with Crippen LogP contribution < -0.4 is 0 Å². The highest BCUT2D eigenvalue weighted by molar-refractivity contribution is 9.10. The molecule has 124 valence electrons. The highest BCUT2D eigenvalue weighted by Gasteiger charge is 2.22. The van der Waals surface area contributed by atoms with Crippen LogP contribution in [0.2, 0.25) is 5.02 Å². The Hall–Kier alpha value is -1.55. The lowest BCUT2D eigenvalue weighted by Gasteiger charge is -2.16. The van der Waals surface area contributed by atoms with Gasteiger partial charge in [0.05, 0.1) is 5.69 Å². The fourth-order valence-electron chi connectivity index (χ4n) is 2.90. The van der Waals surface area contributed by atoms with E-state index < -0.39 is 0 Å². The van der Waals surface area contributed by atoms with Crippen molar-refractivity contribution in [1.29, 1.82) is 0 Å². The zero-order chi connectivity index (χ0) is 17.2. The molecule has 0 unspecified atom stereocenters. The number of rotatable bonds is 2. The summed E-state index contributed by atoms with van der Waals surface area (Å²) in [5.41, 5.74) is 4.60. The standard InChI is InChI=1S/C21H15BrClNS/c22-16-9-5-14(6-10-16)19-13-21(15-7-11-17(23)12-8-15)25-20-4-2-1-3-18(20)24-19/h1-12,21H,13H2/t21-/m0/s1. The van der Waals surface area contributed by atoms with Crippen molar-refractivity contribution in [1.82, 2.24) is 0 Å². The number of benzene rings is 3. The molecule has 1 aliphatic rings. The van der Waals surface area contributed by atoms with E-state index in [1.807, 2.05) is 30.0 Å². The van der Waals surface area contributed by atoms with Gasteiger partial charge in [0.2, 0.25) is 0 Å². The molecule has 0 bridgehead atoms. The lowest BCUT2D eigenvalue weighted by molar-refractivity contribution is 1.01. The van der Waals surface area contributed by atoms with Crippen molar-refractivity contribution in [2.45, 2.75) is 16.6 Å². The summed E-state index contributed by atoms with van der Waals surface area (Å²) in [6.07, 6.45) is 0.878. The SMILES string of the molecule is Clc1ccc([C@@H]2CC(c3ccc(Br)cc3)=Nc3ccccc3S2)cc1. The Labute approximate surface area is 165 Å². The zero-order valence-corrected chi connectivity index (χ0v) is 16.5. The minimum atomic E-state index is 0.309. The Kier molecular flexibility index (Phi) is 4.98. The van der Waals surface area contributed by atoms with Crippen LogP contribution >= 0.6 is 39.3 Å². The van der Waals surface area contributed by atoms with Gasteiger partial charge in [0.15, 0.2) is 0 Å². The third kappa shape index (κ3) is 3.84. The normalized spacial score (nSPS) is 16.7. The predicted octanol–water partition coefficient (Wildman–Crippen LogP) is 7.46. The smallest absolute Gasteiger partial charge is 0.0769 e. The lowest BCUT2D eigenvalue weighted by Crippen LogP contribution is -2.05. The molecule has 0 aliphatic carbocycles. The molecule has 1 atom stereocenters. The first-order valence-corrected chi connectivity index (χ1v) is 10.1. The summed E-state index contributed by atoms with van der Waals surface area (Å²) in [6, 6.07) is 24.9. The maximum absolute atomic E-state index is 6.07. The molecule has 25 heavy (non-hydrogen) atoms. The van der Waals surface area contributed by atoms with E-state index in [9.17, 15) is 0 Å². The molecule has 0 aromatic heterocycles. The molecule has 4 rings (SSSR count). The summed E-state index contributed by atoms with van der Waals surface area (Å²) in [4.78, 5) is 6.20. The fourth-order valence-corrected chi connectivity index (χ4v) is 4.52. The van der Waals surface area contributed by atoms with E-state index in [1.165, 1.54) is 16.0 Å². The second-order valence-corrected chi connectivity index (χ2v) is 8.49. The van der Waals surface area contributed by atoms with E-state index >= 15 is 0 Å². The van der Waals surface area contributed by atoms with Crippen molar-refractivity contribution < 1.29 is 0 Å². The number of hydrogen-bond acceptors (Lipinski definition) is 2. The average Bonchev–Trinajstić information content (AvgIpc) is 2.82. The van der Waals surface area contributed by atoms with Gasteiger partial charge >= 0.3 is 0 Å². The van der Waals surface area contributed by atoms with E-state index in [4.69, 9.17) is 16.6 Å². The monoisotopic (exact) mass is 427 g/mol. The van der Waals surface area contributed by atoms with E-state index in [1.54, 1.807) is 0 Å². The van der Waals surface area contributed by atoms with Crippen molar-refractivity contribution in [2.75, 3.05) is 0 Å². The highest BCUT2D eigenvalue weighted by Crippen LogP contribution is 2.45. The summed E-state index contributed by atoms with van der Waals surface area (Å²) >= 11 is 11.4. The van der Waals surface area contributed by atoms with E-state index in [-0.39, 0.29) is 0 Å². The van der Waals surface area contributed by atoms with Crippen LogP contribution in [0, 0.1) is 0 Å². The van der Waals surface area contributed by atoms with Crippen LogP contribution in [0.25, 0.3) is 0 Å². The molecule has 0 spiro atoms. The molecule has 0 saturated carbocycles. The Morgan fingerprint density at radius 3 is 2.40 bits per heavy atom. The van der Waals surface area contributed by atoms with Crippen LogP contribution in [0.5, 0.6) is 0 Å². The molecule has 1 aliphatic heterocycles. The van der Waals surface area contributed by atoms with Gasteiger partial charge in [-0.25, -0.2) is 0 Å². The van der Waals surface area contributed by atoms with Crippen molar-refractivity contribution in [3.05, 3.63) is 93.4 Å². The lowest BCUT2D eigenvalue weighted by atomic mass is 10.0. The molecule has 1 nitrogen and oxygen atoms in total. The minimum absolute atomic E-state index is 0.309. The van der Waals surface area contributed by atoms with Crippen LogP contribution in [0.15, 0.2) is 87.2 Å². The summed E-state index contributed by atoms with van der Waals surface area (Å²) in [5.74, 6) is 0. The summed E-state index contributed by atoms with van der Waals surface area (Å²) in [6.45, 7) is 0. The molecule has 3 aromatic carbocycles. The Balaban J connectivity index is 1.78. The molecule has 0 saturated heterocycles. The molecule has 1 heterocycles. The maximum Gasteiger partial charge on any atom is 0.0769 e. The highest BCUT2D eigenvalue weighted by atomic mass is 79.9. The second kappa shape index (κ2) is 7.36. The number of halogens is 2. The summed E-state index contributed by atoms with van der Waals surface area (Å²) in [5, 5.41) is 1.08. The van der Waals surface area contributed by atoms with E-state index in [0.29, 0.717) is 5.25 Å². The summed E-state index contributed by atoms with van der Waals surface area (Å²) < 4.78 is 1.08. The van der Waals surface area contributed by atoms with Gasteiger partial charge in [-0.3, -0.25) is 4.99 Å². The van der Waals surface area contributed by atoms with Crippen LogP contribution in [0.3, 0.4) is 0 Å². The van der Waals surface area contributed by atoms with Gasteiger partial charge in [-0.05, 0) is 47.5 Å². The Bertz CT molecular complexity index is 919. The molecule has 0 fully saturated rings. The van der Waals surface area contributed by atoms with Gasteiger partial charge in [0.1, 0.15) is 0 Å². The largest absolute Gasteiger partial charge is 0.252 e. The average molecular weight is 429 g/mol. The van der Waals surface area contributed by atoms with Gasteiger partial charge in [0.25, 0.3) is 0 Å². The molecule has 4 heteroatoms. The molecular weight excluding hydrogens is 414 g/mol. The van der Waals surface area contributed by atoms with Crippen molar-refractivity contribution in [2.24, 2.45) is 4.99 Å². The third-order valence-corrected chi connectivity index (χ3v) is 6.29. The van der Waals surface area contributed by atoms with Crippen LogP contribution in [0.4, 0.5) is 5.69 Å². The molecule has 0 N–H and O–H groups in total. The number of aliphatic imine (C=N–C) groups is 1. The molecule has 3 aromatic rings. The van der Waals surface area contributed by atoms with Gasteiger partial charge in [0, 0.05) is 31.8 Å². The first-order chi connectivity index (χ1) is 12.2. The van der Waals surface area contributed by atoms with E-state index in [0.717, 1.165) is 27.3 Å². The molecule has 0 amide bonds. The van der Waals surface area contributed by atoms with Crippen molar-refractivity contribution in [3.8, 4) is 0 Å². The number of para-hydroxylation sites is 1. The predicted molar refractivity (Wildman–Crippen MR) is 111 cm³/mol. The Morgan fingerprint density at radius 1 is 0.920 bits per heavy atom. The van der Waals surface area contributed by atoms with Gasteiger partial charge in [-0.1, -0.05) is 63.9 Å². The van der Waals surface area contributed by atoms with Crippen molar-refractivity contribution >= 4 is 50.7 Å². The van der Waals surface area contributed by atoms with Gasteiger partial charge in [-0.2, -0.15) is 0 Å². The quantitative estimate of drug-likeness (QED) is 0.412. The number of thioether (sulfide) groups is 1. The number of nitrogens with zero attached hydrogens (tertiary/aromatic N) is 1. The first kappa shape index (κ1) is 16.9. The maximum atomic E-state index is 6.07. The Morgan fingerprint density at radius 2 is 1.64 bits per heavy atom.